The minimum absolute atomic E-state index is 0.0922. The molecule has 0 aliphatic rings. The van der Waals surface area contributed by atoms with Crippen molar-refractivity contribution in [3.63, 3.8) is 0 Å². The first-order valence-electron chi connectivity index (χ1n) is 5.92. The van der Waals surface area contributed by atoms with Crippen LogP contribution in [0.5, 0.6) is 5.75 Å². The van der Waals surface area contributed by atoms with Crippen LogP contribution in [0.25, 0.3) is 6.08 Å². The van der Waals surface area contributed by atoms with E-state index in [4.69, 9.17) is 5.11 Å². The molecule has 0 saturated heterocycles. The van der Waals surface area contributed by atoms with Gasteiger partial charge >= 0.3 is 5.82 Å². The van der Waals surface area contributed by atoms with Crippen molar-refractivity contribution in [1.82, 2.24) is 9.78 Å². The summed E-state index contributed by atoms with van der Waals surface area (Å²) in [6, 6.07) is 5.94. The first-order chi connectivity index (χ1) is 9.95. The summed E-state index contributed by atoms with van der Waals surface area (Å²) in [5, 5.41) is 26.2. The molecule has 2 N–H and O–H groups in total. The number of carbonyl (C=O) groups is 1. The molecule has 8 heteroatoms. The molecule has 108 valence electrons. The molecule has 0 radical (unpaired) electrons. The number of aryl methyl sites for hydroxylation is 1. The van der Waals surface area contributed by atoms with Crippen LogP contribution in [-0.2, 0) is 11.8 Å². The molecule has 0 bridgehead atoms. The number of hydrogen-bond acceptors (Lipinski definition) is 5. The topological polar surface area (TPSA) is 110 Å². The van der Waals surface area contributed by atoms with Crippen molar-refractivity contribution in [2.45, 2.75) is 0 Å². The molecule has 0 fully saturated rings. The Kier molecular flexibility index (Phi) is 3.98. The number of anilines is 1. The number of aromatic hydroxyl groups is 1. The lowest BCUT2D eigenvalue weighted by Gasteiger charge is -2.01. The lowest BCUT2D eigenvalue weighted by molar-refractivity contribution is -0.390. The Morgan fingerprint density at radius 1 is 1.43 bits per heavy atom. The molecule has 8 nitrogen and oxygen atoms in total. The van der Waals surface area contributed by atoms with Crippen molar-refractivity contribution in [1.29, 1.82) is 0 Å². The normalized spacial score (nSPS) is 10.7. The molecule has 1 amide bonds. The quantitative estimate of drug-likeness (QED) is 0.385. The van der Waals surface area contributed by atoms with E-state index in [0.717, 1.165) is 0 Å². The molecule has 0 atom stereocenters. The smallest absolute Gasteiger partial charge is 0.397 e. The number of phenols is 1. The molecule has 1 heterocycles. The molecule has 2 rings (SSSR count). The van der Waals surface area contributed by atoms with Gasteiger partial charge in [-0.25, -0.2) is 0 Å². The summed E-state index contributed by atoms with van der Waals surface area (Å²) < 4.78 is 1.30. The Balaban J connectivity index is 2.08. The van der Waals surface area contributed by atoms with Crippen molar-refractivity contribution in [3.8, 4) is 5.75 Å². The number of hydrogen-bond donors (Lipinski definition) is 2. The number of amides is 1. The number of aromatic nitrogens is 2. The standard InChI is InChI=1S/C13H12N4O4/c1-16-8-9(13(15-16)17(20)21)2-7-12(19)14-10-3-5-11(18)6-4-10/h2-8,18H,1H3,(H,14,19). The largest absolute Gasteiger partial charge is 0.508 e. The fraction of sp³-hybridized carbons (Fsp3) is 0.0769. The second-order valence-electron chi connectivity index (χ2n) is 4.21. The molecule has 0 aliphatic carbocycles. The van der Waals surface area contributed by atoms with Crippen LogP contribution in [0.4, 0.5) is 11.5 Å². The van der Waals surface area contributed by atoms with E-state index < -0.39 is 10.8 Å². The van der Waals surface area contributed by atoms with Crippen LogP contribution < -0.4 is 5.32 Å². The van der Waals surface area contributed by atoms with Gasteiger partial charge in [-0.1, -0.05) is 0 Å². The summed E-state index contributed by atoms with van der Waals surface area (Å²) in [5.74, 6) is -0.667. The lowest BCUT2D eigenvalue weighted by atomic mass is 10.2. The zero-order valence-corrected chi connectivity index (χ0v) is 11.1. The third-order valence-corrected chi connectivity index (χ3v) is 2.56. The van der Waals surface area contributed by atoms with Gasteiger partial charge in [0.05, 0.1) is 23.9 Å². The number of carbonyl (C=O) groups excluding carboxylic acids is 1. The maximum Gasteiger partial charge on any atom is 0.397 e. The zero-order valence-electron chi connectivity index (χ0n) is 11.1. The average Bonchev–Trinajstić information content (AvgIpc) is 2.80. The molecular weight excluding hydrogens is 276 g/mol. The van der Waals surface area contributed by atoms with Crippen molar-refractivity contribution in [3.05, 3.63) is 52.2 Å². The number of nitrogens with zero attached hydrogens (tertiary/aromatic N) is 3. The van der Waals surface area contributed by atoms with Crippen molar-refractivity contribution >= 4 is 23.5 Å². The molecule has 2 aromatic rings. The Hall–Kier alpha value is -3.16. The number of nitro groups is 1. The Morgan fingerprint density at radius 2 is 2.10 bits per heavy atom. The van der Waals surface area contributed by atoms with Crippen LogP contribution in [0.2, 0.25) is 0 Å². The van der Waals surface area contributed by atoms with Gasteiger partial charge in [-0.3, -0.25) is 4.79 Å². The van der Waals surface area contributed by atoms with Gasteiger partial charge < -0.3 is 20.5 Å². The summed E-state index contributed by atoms with van der Waals surface area (Å²) in [6.45, 7) is 0. The average molecular weight is 288 g/mol. The van der Waals surface area contributed by atoms with E-state index in [1.54, 1.807) is 7.05 Å². The second-order valence-corrected chi connectivity index (χ2v) is 4.21. The summed E-state index contributed by atoms with van der Waals surface area (Å²) in [4.78, 5) is 21.9. The molecule has 0 aliphatic heterocycles. The summed E-state index contributed by atoms with van der Waals surface area (Å²) in [6.07, 6.45) is 3.94. The first-order valence-corrected chi connectivity index (χ1v) is 5.92. The monoisotopic (exact) mass is 288 g/mol. The first kappa shape index (κ1) is 14.3. The van der Waals surface area contributed by atoms with Crippen LogP contribution in [-0.4, -0.2) is 25.7 Å². The van der Waals surface area contributed by atoms with Gasteiger partial charge in [0.15, 0.2) is 0 Å². The highest BCUT2D eigenvalue weighted by Crippen LogP contribution is 2.17. The van der Waals surface area contributed by atoms with Gasteiger partial charge in [-0.05, 0) is 35.3 Å². The fourth-order valence-corrected chi connectivity index (χ4v) is 1.65. The number of nitrogens with one attached hydrogen (secondary N) is 1. The van der Waals surface area contributed by atoms with Gasteiger partial charge in [0.25, 0.3) is 0 Å². The van der Waals surface area contributed by atoms with E-state index in [1.165, 1.54) is 47.3 Å². The van der Waals surface area contributed by atoms with Crippen LogP contribution >= 0.6 is 0 Å². The van der Waals surface area contributed by atoms with Crippen LogP contribution in [0, 0.1) is 10.1 Å². The minimum Gasteiger partial charge on any atom is -0.508 e. The van der Waals surface area contributed by atoms with Gasteiger partial charge in [-0.15, -0.1) is 0 Å². The van der Waals surface area contributed by atoms with Crippen molar-refractivity contribution < 1.29 is 14.8 Å². The van der Waals surface area contributed by atoms with E-state index in [1.807, 2.05) is 0 Å². The Morgan fingerprint density at radius 3 is 2.71 bits per heavy atom. The molecule has 0 saturated carbocycles. The molecule has 21 heavy (non-hydrogen) atoms. The minimum atomic E-state index is -0.614. The highest BCUT2D eigenvalue weighted by molar-refractivity contribution is 6.02. The van der Waals surface area contributed by atoms with E-state index in [9.17, 15) is 14.9 Å². The van der Waals surface area contributed by atoms with Crippen LogP contribution in [0.3, 0.4) is 0 Å². The highest BCUT2D eigenvalue weighted by Gasteiger charge is 2.17. The van der Waals surface area contributed by atoms with Crippen LogP contribution in [0.1, 0.15) is 5.56 Å². The van der Waals surface area contributed by atoms with Gasteiger partial charge in [0, 0.05) is 11.8 Å². The Labute approximate surface area is 119 Å². The van der Waals surface area contributed by atoms with Gasteiger partial charge in [0.1, 0.15) is 5.75 Å². The third-order valence-electron chi connectivity index (χ3n) is 2.56. The summed E-state index contributed by atoms with van der Waals surface area (Å²) in [5.41, 5.74) is 0.742. The van der Waals surface area contributed by atoms with Crippen molar-refractivity contribution in [2.24, 2.45) is 7.05 Å². The van der Waals surface area contributed by atoms with E-state index >= 15 is 0 Å². The van der Waals surface area contributed by atoms with Crippen molar-refractivity contribution in [2.75, 3.05) is 5.32 Å². The molecule has 1 aromatic heterocycles. The van der Waals surface area contributed by atoms with Gasteiger partial charge in [-0.2, -0.15) is 4.68 Å². The summed E-state index contributed by atoms with van der Waals surface area (Å²) >= 11 is 0. The maximum atomic E-state index is 11.7. The maximum absolute atomic E-state index is 11.7. The highest BCUT2D eigenvalue weighted by atomic mass is 16.6. The predicted octanol–water partition coefficient (Wildman–Crippen LogP) is 1.69. The molecule has 0 spiro atoms. The van der Waals surface area contributed by atoms with Crippen LogP contribution in [0.15, 0.2) is 36.5 Å². The van der Waals surface area contributed by atoms with Gasteiger partial charge in [0.2, 0.25) is 5.91 Å². The summed E-state index contributed by atoms with van der Waals surface area (Å²) in [7, 11) is 1.56. The van der Waals surface area contributed by atoms with E-state index in [-0.39, 0.29) is 17.1 Å². The molecule has 1 aromatic carbocycles. The van der Waals surface area contributed by atoms with E-state index in [0.29, 0.717) is 5.69 Å². The van der Waals surface area contributed by atoms with E-state index in [2.05, 4.69) is 10.4 Å². The predicted molar refractivity (Wildman–Crippen MR) is 75.6 cm³/mol. The lowest BCUT2D eigenvalue weighted by Crippen LogP contribution is -2.07. The zero-order chi connectivity index (χ0) is 15.4. The fourth-order valence-electron chi connectivity index (χ4n) is 1.65. The SMILES string of the molecule is Cn1cc(C=CC(=O)Nc2ccc(O)cc2)c([N+](=O)[O-])n1. The third kappa shape index (κ3) is 3.66. The molecular formula is C13H12N4O4. The number of phenolic OH excluding ortho intramolecular Hbond substituents is 1. The molecule has 0 unspecified atom stereocenters. The number of benzene rings is 1. The second kappa shape index (κ2) is 5.87. The number of rotatable bonds is 4. The Bertz CT molecular complexity index is 703.